The van der Waals surface area contributed by atoms with Crippen molar-refractivity contribution >= 4 is 49.0 Å². The second-order valence-electron chi connectivity index (χ2n) is 5.96. The van der Waals surface area contributed by atoms with E-state index in [0.29, 0.717) is 18.5 Å². The van der Waals surface area contributed by atoms with E-state index < -0.39 is 0 Å². The van der Waals surface area contributed by atoms with E-state index in [4.69, 9.17) is 0 Å². The molecule has 0 spiro atoms. The molecule has 0 aliphatic heterocycles. The summed E-state index contributed by atoms with van der Waals surface area (Å²) in [5.41, 5.74) is 0.855. The molecule has 26 heavy (non-hydrogen) atoms. The SMILES string of the molecule is CN(Cc1nc2ccccc2s1)C(=O)CCn1cnc2sccc2c1=O. The number of carbonyl (C=O) groups is 1. The molecular formula is C18H16N4O2S2. The molecule has 4 rings (SSSR count). The predicted molar refractivity (Wildman–Crippen MR) is 105 cm³/mol. The molecule has 0 bridgehead atoms. The summed E-state index contributed by atoms with van der Waals surface area (Å²) in [7, 11) is 1.76. The third kappa shape index (κ3) is 3.25. The normalized spacial score (nSPS) is 11.3. The van der Waals surface area contributed by atoms with Crippen molar-refractivity contribution in [3.63, 3.8) is 0 Å². The fourth-order valence-electron chi connectivity index (χ4n) is 2.74. The number of aryl methyl sites for hydroxylation is 1. The van der Waals surface area contributed by atoms with Crippen LogP contribution in [0.3, 0.4) is 0 Å². The van der Waals surface area contributed by atoms with Crippen molar-refractivity contribution in [2.24, 2.45) is 0 Å². The Bertz CT molecular complexity index is 1110. The van der Waals surface area contributed by atoms with Gasteiger partial charge in [-0.1, -0.05) is 12.1 Å². The molecular weight excluding hydrogens is 368 g/mol. The second-order valence-corrected chi connectivity index (χ2v) is 7.97. The summed E-state index contributed by atoms with van der Waals surface area (Å²) in [6.07, 6.45) is 1.76. The lowest BCUT2D eigenvalue weighted by atomic mass is 10.3. The highest BCUT2D eigenvalue weighted by Crippen LogP contribution is 2.22. The van der Waals surface area contributed by atoms with E-state index in [2.05, 4.69) is 9.97 Å². The molecule has 1 amide bonds. The number of para-hydroxylation sites is 1. The van der Waals surface area contributed by atoms with Crippen molar-refractivity contribution in [2.45, 2.75) is 19.5 Å². The van der Waals surface area contributed by atoms with Crippen molar-refractivity contribution in [1.29, 1.82) is 0 Å². The number of hydrogen-bond donors (Lipinski definition) is 0. The Morgan fingerprint density at radius 2 is 2.12 bits per heavy atom. The number of amides is 1. The van der Waals surface area contributed by atoms with Crippen LogP contribution in [-0.4, -0.2) is 32.4 Å². The first-order valence-electron chi connectivity index (χ1n) is 8.13. The van der Waals surface area contributed by atoms with Gasteiger partial charge in [-0.15, -0.1) is 22.7 Å². The first kappa shape index (κ1) is 16.9. The summed E-state index contributed by atoms with van der Waals surface area (Å²) in [6.45, 7) is 0.787. The van der Waals surface area contributed by atoms with Crippen LogP contribution in [0.15, 0.2) is 46.8 Å². The zero-order valence-corrected chi connectivity index (χ0v) is 15.7. The number of nitrogens with zero attached hydrogens (tertiary/aromatic N) is 4. The Morgan fingerprint density at radius 3 is 2.96 bits per heavy atom. The van der Waals surface area contributed by atoms with Gasteiger partial charge in [-0.2, -0.15) is 0 Å². The molecule has 0 saturated heterocycles. The highest BCUT2D eigenvalue weighted by Gasteiger charge is 2.13. The molecule has 0 aliphatic carbocycles. The minimum Gasteiger partial charge on any atom is -0.339 e. The summed E-state index contributed by atoms with van der Waals surface area (Å²) in [4.78, 5) is 36.0. The fourth-order valence-corrected chi connectivity index (χ4v) is 4.48. The van der Waals surface area contributed by atoms with Crippen molar-refractivity contribution in [3.8, 4) is 0 Å². The minimum absolute atomic E-state index is 0.0263. The molecule has 0 aliphatic rings. The number of thiazole rings is 1. The maximum Gasteiger partial charge on any atom is 0.262 e. The van der Waals surface area contributed by atoms with Gasteiger partial charge in [-0.25, -0.2) is 9.97 Å². The van der Waals surface area contributed by atoms with Gasteiger partial charge in [0.25, 0.3) is 5.56 Å². The third-order valence-electron chi connectivity index (χ3n) is 4.15. The van der Waals surface area contributed by atoms with Crippen LogP contribution in [0.1, 0.15) is 11.4 Å². The van der Waals surface area contributed by atoms with Gasteiger partial charge < -0.3 is 4.90 Å². The number of rotatable bonds is 5. The van der Waals surface area contributed by atoms with Crippen LogP contribution in [0.25, 0.3) is 20.4 Å². The largest absolute Gasteiger partial charge is 0.339 e. The van der Waals surface area contributed by atoms with E-state index >= 15 is 0 Å². The Hall–Kier alpha value is -2.58. The molecule has 0 unspecified atom stereocenters. The molecule has 0 saturated carbocycles. The molecule has 1 aromatic carbocycles. The molecule has 0 fully saturated rings. The summed E-state index contributed by atoms with van der Waals surface area (Å²) in [6, 6.07) is 9.70. The molecule has 3 heterocycles. The number of hydrogen-bond acceptors (Lipinski definition) is 6. The van der Waals surface area contributed by atoms with Gasteiger partial charge >= 0.3 is 0 Å². The summed E-state index contributed by atoms with van der Waals surface area (Å²) >= 11 is 3.03. The van der Waals surface area contributed by atoms with Crippen LogP contribution in [0.5, 0.6) is 0 Å². The number of fused-ring (bicyclic) bond motifs is 2. The van der Waals surface area contributed by atoms with E-state index in [1.165, 1.54) is 22.2 Å². The van der Waals surface area contributed by atoms with Crippen molar-refractivity contribution in [3.05, 3.63) is 57.4 Å². The Labute approximate surface area is 157 Å². The average Bonchev–Trinajstić information content (AvgIpc) is 3.27. The quantitative estimate of drug-likeness (QED) is 0.530. The molecule has 0 radical (unpaired) electrons. The average molecular weight is 384 g/mol. The highest BCUT2D eigenvalue weighted by atomic mass is 32.1. The lowest BCUT2D eigenvalue weighted by Crippen LogP contribution is -2.29. The van der Waals surface area contributed by atoms with Gasteiger partial charge in [0.2, 0.25) is 5.91 Å². The summed E-state index contributed by atoms with van der Waals surface area (Å²) in [5, 5.41) is 3.36. The maximum atomic E-state index is 12.4. The lowest BCUT2D eigenvalue weighted by Gasteiger charge is -2.15. The van der Waals surface area contributed by atoms with Gasteiger partial charge in [0.15, 0.2) is 0 Å². The number of aromatic nitrogens is 3. The standard InChI is InChI=1S/C18H16N4O2S2/c1-21(10-15-20-13-4-2-3-5-14(13)26-15)16(23)6-8-22-11-19-17-12(18(22)24)7-9-25-17/h2-5,7,9,11H,6,8,10H2,1H3. The Morgan fingerprint density at radius 1 is 1.27 bits per heavy atom. The zero-order chi connectivity index (χ0) is 18.1. The highest BCUT2D eigenvalue weighted by molar-refractivity contribution is 7.18. The van der Waals surface area contributed by atoms with Crippen LogP contribution >= 0.6 is 22.7 Å². The molecule has 132 valence electrons. The first-order chi connectivity index (χ1) is 12.6. The molecule has 4 aromatic rings. The van der Waals surface area contributed by atoms with Crippen LogP contribution < -0.4 is 5.56 Å². The summed E-state index contributed by atoms with van der Waals surface area (Å²) in [5.74, 6) is -0.0263. The third-order valence-corrected chi connectivity index (χ3v) is 6.00. The van der Waals surface area contributed by atoms with Crippen LogP contribution in [0.2, 0.25) is 0 Å². The topological polar surface area (TPSA) is 68.1 Å². The minimum atomic E-state index is -0.0992. The van der Waals surface area contributed by atoms with Gasteiger partial charge in [-0.3, -0.25) is 14.2 Å². The van der Waals surface area contributed by atoms with E-state index in [0.717, 1.165) is 20.1 Å². The van der Waals surface area contributed by atoms with Crippen molar-refractivity contribution < 1.29 is 4.79 Å². The molecule has 0 N–H and O–H groups in total. The molecule has 6 nitrogen and oxygen atoms in total. The number of thiophene rings is 1. The summed E-state index contributed by atoms with van der Waals surface area (Å²) < 4.78 is 2.61. The van der Waals surface area contributed by atoms with Gasteiger partial charge in [0.1, 0.15) is 9.84 Å². The number of carbonyl (C=O) groups excluding carboxylic acids is 1. The zero-order valence-electron chi connectivity index (χ0n) is 14.1. The van der Waals surface area contributed by atoms with Crippen LogP contribution in [0, 0.1) is 0 Å². The van der Waals surface area contributed by atoms with E-state index in [1.807, 2.05) is 29.6 Å². The number of benzene rings is 1. The van der Waals surface area contributed by atoms with Gasteiger partial charge in [0.05, 0.1) is 28.5 Å². The van der Waals surface area contributed by atoms with Gasteiger partial charge in [-0.05, 0) is 23.6 Å². The molecule has 8 heteroatoms. The Balaban J connectivity index is 1.42. The second kappa shape index (κ2) is 6.97. The maximum absolute atomic E-state index is 12.4. The van der Waals surface area contributed by atoms with Crippen LogP contribution in [0.4, 0.5) is 0 Å². The molecule has 3 aromatic heterocycles. The van der Waals surface area contributed by atoms with Crippen molar-refractivity contribution in [2.75, 3.05) is 7.05 Å². The van der Waals surface area contributed by atoms with Crippen LogP contribution in [-0.2, 0) is 17.9 Å². The molecule has 0 atom stereocenters. The lowest BCUT2D eigenvalue weighted by molar-refractivity contribution is -0.130. The van der Waals surface area contributed by atoms with E-state index in [1.54, 1.807) is 29.4 Å². The Kier molecular flexibility index (Phi) is 4.52. The monoisotopic (exact) mass is 384 g/mol. The fraction of sp³-hybridized carbons (Fsp3) is 0.222. The van der Waals surface area contributed by atoms with Gasteiger partial charge in [0, 0.05) is 20.0 Å². The smallest absolute Gasteiger partial charge is 0.262 e. The van der Waals surface area contributed by atoms with E-state index in [9.17, 15) is 9.59 Å². The van der Waals surface area contributed by atoms with Crippen molar-refractivity contribution in [1.82, 2.24) is 19.4 Å². The van der Waals surface area contributed by atoms with E-state index in [-0.39, 0.29) is 17.9 Å². The predicted octanol–water partition coefficient (Wildman–Crippen LogP) is 3.12. The first-order valence-corrected chi connectivity index (χ1v) is 9.82.